The average molecular weight is 546 g/mol. The highest BCUT2D eigenvalue weighted by Crippen LogP contribution is 2.30. The Morgan fingerprint density at radius 2 is 1.71 bits per heavy atom. The molecule has 3 aromatic rings. The first kappa shape index (κ1) is 23.3. The molecule has 0 unspecified atom stereocenters. The molecule has 0 spiro atoms. The summed E-state index contributed by atoms with van der Waals surface area (Å²) in [5.41, 5.74) is 0.0499. The molecular formula is C19H13BrCl2N3O5S-. The molecule has 3 N–H and O–H groups in total. The summed E-state index contributed by atoms with van der Waals surface area (Å²) in [6, 6.07) is 14.0. The largest absolute Gasteiger partial charge is 0.733 e. The molecule has 0 saturated carbocycles. The van der Waals surface area contributed by atoms with E-state index in [1.54, 1.807) is 30.3 Å². The van der Waals surface area contributed by atoms with Crippen LogP contribution in [0.25, 0.3) is 0 Å². The molecule has 3 rings (SSSR count). The van der Waals surface area contributed by atoms with Gasteiger partial charge in [-0.15, -0.1) is 0 Å². The van der Waals surface area contributed by atoms with E-state index in [4.69, 9.17) is 28.4 Å². The Morgan fingerprint density at radius 3 is 2.35 bits per heavy atom. The van der Waals surface area contributed by atoms with Crippen LogP contribution < -0.4 is 15.3 Å². The molecule has 0 fully saturated rings. The molecule has 0 bridgehead atoms. The van der Waals surface area contributed by atoms with Crippen LogP contribution in [-0.2, 0) is 10.0 Å². The molecule has 0 aliphatic rings. The second-order valence-corrected chi connectivity index (χ2v) is 9.58. The molecule has 0 aliphatic heterocycles. The molecule has 0 radical (unpaired) electrons. The molecule has 8 nitrogen and oxygen atoms in total. The molecule has 0 atom stereocenters. The molecule has 3 aromatic carbocycles. The number of hydrogen-bond donors (Lipinski definition) is 3. The number of hydrogen-bond acceptors (Lipinski definition) is 6. The van der Waals surface area contributed by atoms with Gasteiger partial charge in [-0.1, -0.05) is 39.1 Å². The van der Waals surface area contributed by atoms with Crippen molar-refractivity contribution >= 4 is 72.1 Å². The van der Waals surface area contributed by atoms with Gasteiger partial charge in [0.25, 0.3) is 15.9 Å². The van der Waals surface area contributed by atoms with E-state index in [2.05, 4.69) is 26.0 Å². The number of nitrogens with one attached hydrogen (secondary N) is 2. The molecular weight excluding hydrogens is 533 g/mol. The minimum atomic E-state index is -4.23. The molecule has 31 heavy (non-hydrogen) atoms. The van der Waals surface area contributed by atoms with Crippen LogP contribution in [0.3, 0.4) is 0 Å². The number of amides is 1. The first-order valence-corrected chi connectivity index (χ1v) is 11.4. The van der Waals surface area contributed by atoms with Crippen molar-refractivity contribution in [3.8, 4) is 0 Å². The van der Waals surface area contributed by atoms with Crippen LogP contribution >= 0.6 is 39.1 Å². The second-order valence-electron chi connectivity index (χ2n) is 6.14. The van der Waals surface area contributed by atoms with Crippen molar-refractivity contribution in [3.63, 3.8) is 0 Å². The van der Waals surface area contributed by atoms with Crippen LogP contribution in [0.2, 0.25) is 10.0 Å². The number of sulfonamides is 1. The van der Waals surface area contributed by atoms with Crippen LogP contribution in [0.1, 0.15) is 10.4 Å². The molecule has 0 aromatic heterocycles. The summed E-state index contributed by atoms with van der Waals surface area (Å²) in [6.45, 7) is 0. The maximum Gasteiger partial charge on any atom is 0.261 e. The maximum absolute atomic E-state index is 12.8. The SMILES string of the molecule is O=C(Nc1ccc(Cl)cc1)c1cc(Br)ccc1NS(=O)(=O)c1ccc(Cl)c(N([O-])O)c1. The molecule has 12 heteroatoms. The fourth-order valence-electron chi connectivity index (χ4n) is 2.53. The highest BCUT2D eigenvalue weighted by Gasteiger charge is 2.21. The van der Waals surface area contributed by atoms with Gasteiger partial charge >= 0.3 is 0 Å². The summed E-state index contributed by atoms with van der Waals surface area (Å²) in [5.74, 6) is -0.570. The summed E-state index contributed by atoms with van der Waals surface area (Å²) >= 11 is 14.9. The van der Waals surface area contributed by atoms with Crippen LogP contribution in [0, 0.1) is 5.21 Å². The van der Waals surface area contributed by atoms with Gasteiger partial charge in [-0.05, 0) is 60.7 Å². The van der Waals surface area contributed by atoms with Crippen LogP contribution in [0.15, 0.2) is 70.0 Å². The summed E-state index contributed by atoms with van der Waals surface area (Å²) in [7, 11) is -4.23. The van der Waals surface area contributed by atoms with E-state index in [0.29, 0.717) is 15.2 Å². The lowest BCUT2D eigenvalue weighted by Crippen LogP contribution is -2.19. The van der Waals surface area contributed by atoms with Crippen LogP contribution in [-0.4, -0.2) is 19.5 Å². The van der Waals surface area contributed by atoms with Crippen molar-refractivity contribution in [1.82, 2.24) is 0 Å². The number of carbonyl (C=O) groups excluding carboxylic acids is 1. The van der Waals surface area contributed by atoms with E-state index in [9.17, 15) is 18.4 Å². The third-order valence-electron chi connectivity index (χ3n) is 4.01. The van der Waals surface area contributed by atoms with Gasteiger partial charge in [0.2, 0.25) is 0 Å². The van der Waals surface area contributed by atoms with Gasteiger partial charge < -0.3 is 15.8 Å². The number of rotatable bonds is 6. The Labute approximate surface area is 196 Å². The van der Waals surface area contributed by atoms with Crippen molar-refractivity contribution in [2.45, 2.75) is 4.90 Å². The van der Waals surface area contributed by atoms with Gasteiger partial charge in [0, 0.05) is 15.2 Å². The zero-order chi connectivity index (χ0) is 22.8. The Morgan fingerprint density at radius 1 is 1.03 bits per heavy atom. The summed E-state index contributed by atoms with van der Waals surface area (Å²) in [6.07, 6.45) is 0. The van der Waals surface area contributed by atoms with Gasteiger partial charge in [0.15, 0.2) is 0 Å². The number of halogens is 3. The molecule has 0 aliphatic carbocycles. The third-order valence-corrected chi connectivity index (χ3v) is 6.43. The lowest BCUT2D eigenvalue weighted by atomic mass is 10.1. The normalized spacial score (nSPS) is 11.1. The minimum absolute atomic E-state index is 0.00542. The van der Waals surface area contributed by atoms with E-state index >= 15 is 0 Å². The van der Waals surface area contributed by atoms with Crippen molar-refractivity contribution in [1.29, 1.82) is 0 Å². The summed E-state index contributed by atoms with van der Waals surface area (Å²) < 4.78 is 28.5. The molecule has 1 amide bonds. The summed E-state index contributed by atoms with van der Waals surface area (Å²) in [5, 5.41) is 22.8. The lowest BCUT2D eigenvalue weighted by Gasteiger charge is -2.23. The fourth-order valence-corrected chi connectivity index (χ4v) is 4.31. The smallest absolute Gasteiger partial charge is 0.261 e. The lowest BCUT2D eigenvalue weighted by molar-refractivity contribution is 0.102. The Balaban J connectivity index is 1.94. The summed E-state index contributed by atoms with van der Waals surface area (Å²) in [4.78, 5) is 12.4. The minimum Gasteiger partial charge on any atom is -0.733 e. The fraction of sp³-hybridized carbons (Fsp3) is 0. The number of benzene rings is 3. The predicted molar refractivity (Wildman–Crippen MR) is 123 cm³/mol. The van der Waals surface area contributed by atoms with E-state index in [1.165, 1.54) is 12.1 Å². The van der Waals surface area contributed by atoms with Crippen LogP contribution in [0.5, 0.6) is 0 Å². The van der Waals surface area contributed by atoms with Crippen molar-refractivity contribution in [3.05, 3.63) is 86.0 Å². The molecule has 0 heterocycles. The van der Waals surface area contributed by atoms with Crippen molar-refractivity contribution in [2.75, 3.05) is 15.3 Å². The van der Waals surface area contributed by atoms with Gasteiger partial charge in [0.05, 0.1) is 26.9 Å². The average Bonchev–Trinajstić information content (AvgIpc) is 2.70. The standard InChI is InChI=1S/C19H13BrCl2N3O5S/c20-11-1-8-17(15(9-11)19(26)23-13-4-2-12(21)3-5-13)24-31(29,30)14-6-7-16(22)18(10-14)25(27)28/h1-10,24,27H,(H,23,26)/q-1. The predicted octanol–water partition coefficient (Wildman–Crippen LogP) is 5.50. The Hall–Kier alpha value is -2.34. The van der Waals surface area contributed by atoms with Gasteiger partial charge in [0.1, 0.15) is 0 Å². The molecule has 162 valence electrons. The Kier molecular flexibility index (Phi) is 7.10. The van der Waals surface area contributed by atoms with Crippen LogP contribution in [0.4, 0.5) is 17.1 Å². The van der Waals surface area contributed by atoms with Gasteiger partial charge in [-0.3, -0.25) is 14.7 Å². The number of nitrogens with zero attached hydrogens (tertiary/aromatic N) is 1. The van der Waals surface area contributed by atoms with Gasteiger partial charge in [-0.2, -0.15) is 0 Å². The van der Waals surface area contributed by atoms with E-state index in [-0.39, 0.29) is 21.2 Å². The number of anilines is 3. The zero-order valence-corrected chi connectivity index (χ0v) is 19.3. The topological polar surface area (TPSA) is 122 Å². The highest BCUT2D eigenvalue weighted by atomic mass is 79.9. The quantitative estimate of drug-likeness (QED) is 0.351. The molecule has 0 saturated heterocycles. The third kappa shape index (κ3) is 5.67. The first-order chi connectivity index (χ1) is 14.6. The second kappa shape index (κ2) is 9.43. The Bertz CT molecular complexity index is 1240. The van der Waals surface area contributed by atoms with E-state index in [1.807, 2.05) is 0 Å². The maximum atomic E-state index is 12.8. The van der Waals surface area contributed by atoms with E-state index < -0.39 is 26.8 Å². The monoisotopic (exact) mass is 544 g/mol. The highest BCUT2D eigenvalue weighted by molar-refractivity contribution is 9.10. The zero-order valence-electron chi connectivity index (χ0n) is 15.3. The van der Waals surface area contributed by atoms with Crippen molar-refractivity contribution < 1.29 is 18.4 Å². The number of carbonyl (C=O) groups is 1. The van der Waals surface area contributed by atoms with E-state index in [0.717, 1.165) is 18.2 Å². The van der Waals surface area contributed by atoms with Gasteiger partial charge in [-0.25, -0.2) is 8.42 Å². The first-order valence-electron chi connectivity index (χ1n) is 8.42. The van der Waals surface area contributed by atoms with Crippen molar-refractivity contribution in [2.24, 2.45) is 0 Å².